The van der Waals surface area contributed by atoms with E-state index in [1.165, 1.54) is 0 Å². The highest BCUT2D eigenvalue weighted by Gasteiger charge is 2.36. The van der Waals surface area contributed by atoms with Gasteiger partial charge in [0.15, 0.2) is 0 Å². The van der Waals surface area contributed by atoms with Crippen molar-refractivity contribution in [3.8, 4) is 39.3 Å². The van der Waals surface area contributed by atoms with E-state index < -0.39 is 9.84 Å². The van der Waals surface area contributed by atoms with E-state index in [1.54, 1.807) is 18.3 Å². The average Bonchev–Trinajstić information content (AvgIpc) is 3.47. The third-order valence-electron chi connectivity index (χ3n) is 8.62. The number of hydrogen-bond donors (Lipinski definition) is 0. The number of hydrogen-bond acceptors (Lipinski definition) is 4. The Balaban J connectivity index is 1.45. The molecule has 0 aliphatic carbocycles. The molecule has 0 saturated carbocycles. The lowest BCUT2D eigenvalue weighted by atomic mass is 9.86. The minimum absolute atomic E-state index is 0.269. The lowest BCUT2D eigenvalue weighted by molar-refractivity contribution is 0.595. The first-order valence-electron chi connectivity index (χ1n) is 14.4. The Labute approximate surface area is 253 Å². The molecular formula is C38H23N3O2S. The van der Waals surface area contributed by atoms with Crippen molar-refractivity contribution in [1.82, 2.24) is 14.5 Å². The van der Waals surface area contributed by atoms with Gasteiger partial charge < -0.3 is 0 Å². The van der Waals surface area contributed by atoms with Gasteiger partial charge in [0.1, 0.15) is 10.7 Å². The number of pyridine rings is 1. The number of sulfone groups is 1. The summed E-state index contributed by atoms with van der Waals surface area (Å²) in [5.74, 6) is 0.711. The molecule has 0 atom stereocenters. The van der Waals surface area contributed by atoms with Gasteiger partial charge in [0, 0.05) is 29.1 Å². The van der Waals surface area contributed by atoms with Crippen LogP contribution in [-0.2, 0) is 9.84 Å². The Morgan fingerprint density at radius 1 is 0.568 bits per heavy atom. The van der Waals surface area contributed by atoms with Crippen LogP contribution in [0.3, 0.4) is 0 Å². The molecule has 0 saturated heterocycles. The van der Waals surface area contributed by atoms with Gasteiger partial charge in [-0.1, -0.05) is 103 Å². The molecule has 9 rings (SSSR count). The first-order chi connectivity index (χ1) is 21.6. The lowest BCUT2D eigenvalue weighted by Gasteiger charge is -2.25. The average molecular weight is 586 g/mol. The third kappa shape index (κ3) is 3.37. The molecule has 6 aromatic carbocycles. The van der Waals surface area contributed by atoms with Gasteiger partial charge in [-0.2, -0.15) is 0 Å². The summed E-state index contributed by atoms with van der Waals surface area (Å²) in [6.07, 6.45) is 3.66. The number of rotatable bonds is 3. The van der Waals surface area contributed by atoms with Crippen LogP contribution in [0.25, 0.3) is 71.9 Å². The van der Waals surface area contributed by atoms with Gasteiger partial charge in [0.2, 0.25) is 9.84 Å². The summed E-state index contributed by atoms with van der Waals surface area (Å²) in [5, 5.41) is 4.03. The predicted octanol–water partition coefficient (Wildman–Crippen LogP) is 8.87. The molecule has 0 unspecified atom stereocenters. The zero-order valence-corrected chi connectivity index (χ0v) is 24.2. The fourth-order valence-electron chi connectivity index (χ4n) is 6.86. The second-order valence-corrected chi connectivity index (χ2v) is 12.9. The van der Waals surface area contributed by atoms with Gasteiger partial charge in [0.05, 0.1) is 21.6 Å². The third-order valence-corrected chi connectivity index (χ3v) is 10.5. The Kier molecular flexibility index (Phi) is 5.22. The molecule has 2 aromatic heterocycles. The zero-order chi connectivity index (χ0) is 29.4. The SMILES string of the molecule is O=S1(=O)c2c(-c3c4ccccc4c(-c4cccnc4)c4ccccc34)cccc2-n2c(-c3ccccc3)nc3cccc1c32. The summed E-state index contributed by atoms with van der Waals surface area (Å²) < 4.78 is 31.5. The van der Waals surface area contributed by atoms with Crippen molar-refractivity contribution in [2.75, 3.05) is 0 Å². The summed E-state index contributed by atoms with van der Waals surface area (Å²) in [4.78, 5) is 9.93. The monoisotopic (exact) mass is 585 g/mol. The second-order valence-electron chi connectivity index (χ2n) is 11.0. The van der Waals surface area contributed by atoms with Crippen molar-refractivity contribution < 1.29 is 8.42 Å². The van der Waals surface area contributed by atoms with E-state index in [0.717, 1.165) is 43.8 Å². The molecule has 0 amide bonds. The quantitative estimate of drug-likeness (QED) is 0.194. The fourth-order valence-corrected chi connectivity index (χ4v) is 8.68. The highest BCUT2D eigenvalue weighted by molar-refractivity contribution is 7.92. The lowest BCUT2D eigenvalue weighted by Crippen LogP contribution is -2.16. The van der Waals surface area contributed by atoms with E-state index in [4.69, 9.17) is 4.98 Å². The van der Waals surface area contributed by atoms with E-state index in [-0.39, 0.29) is 4.90 Å². The minimum atomic E-state index is -3.93. The molecule has 5 nitrogen and oxygen atoms in total. The van der Waals surface area contributed by atoms with Crippen molar-refractivity contribution in [2.45, 2.75) is 9.79 Å². The van der Waals surface area contributed by atoms with Crippen molar-refractivity contribution in [2.24, 2.45) is 0 Å². The largest absolute Gasteiger partial charge is 0.290 e. The molecule has 44 heavy (non-hydrogen) atoms. The van der Waals surface area contributed by atoms with Gasteiger partial charge in [-0.25, -0.2) is 13.4 Å². The summed E-state index contributed by atoms with van der Waals surface area (Å²) >= 11 is 0. The molecule has 0 radical (unpaired) electrons. The van der Waals surface area contributed by atoms with Crippen molar-refractivity contribution in [3.05, 3.63) is 140 Å². The van der Waals surface area contributed by atoms with Crippen LogP contribution in [0, 0.1) is 0 Å². The van der Waals surface area contributed by atoms with Crippen LogP contribution in [0.1, 0.15) is 0 Å². The number of imidazole rings is 1. The van der Waals surface area contributed by atoms with Gasteiger partial charge in [-0.3, -0.25) is 9.55 Å². The normalized spacial score (nSPS) is 13.4. The van der Waals surface area contributed by atoms with Crippen LogP contribution >= 0.6 is 0 Å². The zero-order valence-electron chi connectivity index (χ0n) is 23.3. The molecule has 208 valence electrons. The fraction of sp³-hybridized carbons (Fsp3) is 0. The Hall–Kier alpha value is -5.59. The van der Waals surface area contributed by atoms with Gasteiger partial charge in [0.25, 0.3) is 0 Å². The van der Waals surface area contributed by atoms with Gasteiger partial charge >= 0.3 is 0 Å². The van der Waals surface area contributed by atoms with E-state index in [2.05, 4.69) is 35.3 Å². The topological polar surface area (TPSA) is 64.8 Å². The molecule has 1 aliphatic heterocycles. The summed E-state index contributed by atoms with van der Waals surface area (Å²) in [5.41, 5.74) is 6.43. The van der Waals surface area contributed by atoms with E-state index >= 15 is 0 Å². The number of benzene rings is 6. The maximum absolute atomic E-state index is 14.7. The van der Waals surface area contributed by atoms with Crippen LogP contribution in [0.15, 0.2) is 150 Å². The molecule has 8 aromatic rings. The van der Waals surface area contributed by atoms with E-state index in [9.17, 15) is 8.42 Å². The standard InChI is InChI=1S/C38H23N3O2S/c42-44(43)33-21-9-19-31-36(33)41(38(40-31)24-11-2-1-3-12-24)32-20-8-18-30(37(32)44)35-28-16-6-4-14-26(28)34(25-13-10-22-39-23-25)27-15-5-7-17-29(27)35/h1-23H. The smallest absolute Gasteiger partial charge is 0.211 e. The number of nitrogens with zero attached hydrogens (tertiary/aromatic N) is 3. The summed E-state index contributed by atoms with van der Waals surface area (Å²) in [7, 11) is -3.93. The van der Waals surface area contributed by atoms with Crippen LogP contribution in [0.2, 0.25) is 0 Å². The van der Waals surface area contributed by atoms with E-state index in [1.807, 2.05) is 95.7 Å². The minimum Gasteiger partial charge on any atom is -0.290 e. The van der Waals surface area contributed by atoms with Gasteiger partial charge in [-0.05, 0) is 56.9 Å². The number of para-hydroxylation sites is 1. The Morgan fingerprint density at radius 3 is 1.89 bits per heavy atom. The summed E-state index contributed by atoms with van der Waals surface area (Å²) in [6.45, 7) is 0. The molecule has 0 spiro atoms. The summed E-state index contributed by atoms with van der Waals surface area (Å²) in [6, 6.07) is 41.6. The van der Waals surface area contributed by atoms with Crippen molar-refractivity contribution in [1.29, 1.82) is 0 Å². The number of fused-ring (bicyclic) bond motifs is 4. The molecule has 6 heteroatoms. The molecule has 0 fully saturated rings. The molecule has 3 heterocycles. The first kappa shape index (κ1) is 25.0. The predicted molar refractivity (Wildman–Crippen MR) is 176 cm³/mol. The first-order valence-corrected chi connectivity index (χ1v) is 15.9. The van der Waals surface area contributed by atoms with Crippen molar-refractivity contribution in [3.63, 3.8) is 0 Å². The maximum atomic E-state index is 14.7. The van der Waals surface area contributed by atoms with Crippen LogP contribution in [-0.4, -0.2) is 23.0 Å². The van der Waals surface area contributed by atoms with Crippen LogP contribution in [0.4, 0.5) is 0 Å². The van der Waals surface area contributed by atoms with E-state index in [0.29, 0.717) is 33.0 Å². The molecule has 0 N–H and O–H groups in total. The molecule has 0 bridgehead atoms. The maximum Gasteiger partial charge on any atom is 0.211 e. The Bertz CT molecular complexity index is 2500. The van der Waals surface area contributed by atoms with Crippen LogP contribution < -0.4 is 0 Å². The molecule has 1 aliphatic rings. The molecular weight excluding hydrogens is 563 g/mol. The Morgan fingerprint density at radius 2 is 1.20 bits per heavy atom. The highest BCUT2D eigenvalue weighted by Crippen LogP contribution is 2.49. The van der Waals surface area contributed by atoms with Gasteiger partial charge in [-0.15, -0.1) is 0 Å². The number of aromatic nitrogens is 3. The highest BCUT2D eigenvalue weighted by atomic mass is 32.2. The second kappa shape index (κ2) is 9.20. The van der Waals surface area contributed by atoms with Crippen molar-refractivity contribution >= 4 is 42.4 Å². The van der Waals surface area contributed by atoms with Crippen LogP contribution in [0.5, 0.6) is 0 Å².